The van der Waals surface area contributed by atoms with Crippen LogP contribution >= 0.6 is 31.9 Å². The summed E-state index contributed by atoms with van der Waals surface area (Å²) < 4.78 is 0. The van der Waals surface area contributed by atoms with E-state index in [2.05, 4.69) is 38.8 Å². The Balaban J connectivity index is 2.92. The lowest BCUT2D eigenvalue weighted by Gasteiger charge is -2.03. The fourth-order valence-electron chi connectivity index (χ4n) is 0.448. The number of hydrogen-bond donors (Lipinski definition) is 0. The molecule has 0 atom stereocenters. The Hall–Kier alpha value is 0.960. The van der Waals surface area contributed by atoms with Gasteiger partial charge in [0.2, 0.25) is 0 Å². The Morgan fingerprint density at radius 3 is 1.75 bits per heavy atom. The zero-order chi connectivity index (χ0) is 6.41. The highest BCUT2D eigenvalue weighted by Crippen LogP contribution is 2.12. The van der Waals surface area contributed by atoms with Crippen LogP contribution in [0.5, 0.6) is 0 Å². The van der Waals surface area contributed by atoms with Crippen LogP contribution in [0.2, 0.25) is 0 Å². The highest BCUT2D eigenvalue weighted by molar-refractivity contribution is 9.09. The maximum Gasteiger partial charge on any atom is 0.00366 e. The first-order chi connectivity index (χ1) is 3.81. The smallest absolute Gasteiger partial charge is 0.00366 e. The van der Waals surface area contributed by atoms with Crippen LogP contribution < -0.4 is 0 Å². The fraction of sp³-hybridized carbons (Fsp3) is 0.833. The number of alkyl halides is 2. The molecule has 0 bridgehead atoms. The van der Waals surface area contributed by atoms with E-state index >= 15 is 0 Å². The quantitative estimate of drug-likeness (QED) is 0.665. The van der Waals surface area contributed by atoms with E-state index in [1.807, 2.05) is 0 Å². The third-order valence-corrected chi connectivity index (χ3v) is 1.84. The van der Waals surface area contributed by atoms with Gasteiger partial charge in [-0.3, -0.25) is 0 Å². The Bertz CT molecular complexity index is 39.8. The van der Waals surface area contributed by atoms with Gasteiger partial charge in [-0.1, -0.05) is 38.8 Å². The molecule has 0 N–H and O–H groups in total. The number of hydrogen-bond acceptors (Lipinski definition) is 0. The minimum Gasteiger partial charge on any atom is -0.0928 e. The molecule has 1 radical (unpaired) electrons. The topological polar surface area (TPSA) is 0 Å². The lowest BCUT2D eigenvalue weighted by Crippen LogP contribution is -1.92. The molecule has 0 nitrogen and oxygen atoms in total. The van der Waals surface area contributed by atoms with Crippen molar-refractivity contribution in [1.29, 1.82) is 0 Å². The van der Waals surface area contributed by atoms with Crippen molar-refractivity contribution in [3.63, 3.8) is 0 Å². The van der Waals surface area contributed by atoms with Gasteiger partial charge in [-0.05, 0) is 18.8 Å². The maximum atomic E-state index is 3.38. The summed E-state index contributed by atoms with van der Waals surface area (Å²) in [6.45, 7) is 2.20. The average Bonchev–Trinajstić information content (AvgIpc) is 1.68. The van der Waals surface area contributed by atoms with E-state index < -0.39 is 0 Å². The van der Waals surface area contributed by atoms with Crippen molar-refractivity contribution in [3.05, 3.63) is 5.92 Å². The summed E-state index contributed by atoms with van der Waals surface area (Å²) >= 11 is 6.77. The highest BCUT2D eigenvalue weighted by Gasteiger charge is 1.97. The van der Waals surface area contributed by atoms with E-state index in [0.29, 0.717) is 0 Å². The molecule has 0 saturated carbocycles. The van der Waals surface area contributed by atoms with E-state index in [-0.39, 0.29) is 0 Å². The Kier molecular flexibility index (Phi) is 6.82. The second-order valence-corrected chi connectivity index (χ2v) is 3.42. The molecule has 0 fully saturated rings. The molecule has 8 heavy (non-hydrogen) atoms. The van der Waals surface area contributed by atoms with Gasteiger partial charge in [0.05, 0.1) is 0 Å². The molecule has 0 aliphatic carbocycles. The summed E-state index contributed by atoms with van der Waals surface area (Å²) in [4.78, 5) is 0. The molecule has 0 aliphatic rings. The van der Waals surface area contributed by atoms with Gasteiger partial charge in [-0.25, -0.2) is 0 Å². The first kappa shape index (κ1) is 8.96. The molecule has 0 rings (SSSR count). The van der Waals surface area contributed by atoms with Crippen LogP contribution in [0.15, 0.2) is 0 Å². The van der Waals surface area contributed by atoms with Crippen molar-refractivity contribution < 1.29 is 0 Å². The number of halogens is 2. The van der Waals surface area contributed by atoms with Crippen molar-refractivity contribution >= 4 is 31.9 Å². The molecule has 0 spiro atoms. The molecule has 0 aromatic rings. The lowest BCUT2D eigenvalue weighted by atomic mass is 10.1. The summed E-state index contributed by atoms with van der Waals surface area (Å²) in [5.74, 6) is 1.57. The average molecular weight is 243 g/mol. The minimum atomic E-state index is 1.10. The molecule has 0 aromatic carbocycles. The van der Waals surface area contributed by atoms with Gasteiger partial charge < -0.3 is 0 Å². The zero-order valence-corrected chi connectivity index (χ0v) is 8.26. The maximum absolute atomic E-state index is 3.38. The van der Waals surface area contributed by atoms with Crippen molar-refractivity contribution in [2.45, 2.75) is 19.8 Å². The standard InChI is InChI=1S/C6H11Br2/c1-6(2-4-7)3-5-8/h2-5H2,1H3. The number of rotatable bonds is 4. The van der Waals surface area contributed by atoms with Gasteiger partial charge >= 0.3 is 0 Å². The second-order valence-electron chi connectivity index (χ2n) is 1.84. The molecule has 0 saturated heterocycles. The third kappa shape index (κ3) is 5.10. The van der Waals surface area contributed by atoms with Crippen molar-refractivity contribution in [2.75, 3.05) is 10.7 Å². The van der Waals surface area contributed by atoms with Gasteiger partial charge in [0, 0.05) is 10.7 Å². The van der Waals surface area contributed by atoms with Crippen molar-refractivity contribution in [3.8, 4) is 0 Å². The fourth-order valence-corrected chi connectivity index (χ4v) is 1.80. The molecule has 0 aliphatic heterocycles. The molecular formula is C6H11Br2. The SMILES string of the molecule is C[C](CCBr)CCBr. The van der Waals surface area contributed by atoms with Crippen LogP contribution in [-0.4, -0.2) is 10.7 Å². The monoisotopic (exact) mass is 241 g/mol. The van der Waals surface area contributed by atoms with E-state index in [1.54, 1.807) is 5.92 Å². The van der Waals surface area contributed by atoms with Crippen LogP contribution in [0.3, 0.4) is 0 Å². The molecule has 0 aromatic heterocycles. The van der Waals surface area contributed by atoms with Crippen LogP contribution in [0.25, 0.3) is 0 Å². The Labute approximate surface area is 68.3 Å². The van der Waals surface area contributed by atoms with Gasteiger partial charge in [0.1, 0.15) is 0 Å². The van der Waals surface area contributed by atoms with Crippen LogP contribution in [-0.2, 0) is 0 Å². The Morgan fingerprint density at radius 2 is 1.50 bits per heavy atom. The van der Waals surface area contributed by atoms with Crippen molar-refractivity contribution in [2.24, 2.45) is 0 Å². The summed E-state index contributed by atoms with van der Waals surface area (Å²) in [5.41, 5.74) is 0. The largest absolute Gasteiger partial charge is 0.0928 e. The van der Waals surface area contributed by atoms with Gasteiger partial charge in [-0.2, -0.15) is 0 Å². The summed E-state index contributed by atoms with van der Waals surface area (Å²) in [7, 11) is 0. The predicted molar refractivity (Wildman–Crippen MR) is 45.7 cm³/mol. The van der Waals surface area contributed by atoms with Gasteiger partial charge in [0.25, 0.3) is 0 Å². The molecule has 2 heteroatoms. The lowest BCUT2D eigenvalue weighted by molar-refractivity contribution is 0.838. The first-order valence-corrected chi connectivity index (χ1v) is 4.98. The van der Waals surface area contributed by atoms with Crippen LogP contribution in [0.4, 0.5) is 0 Å². The normalized spacial score (nSPS) is 10.5. The van der Waals surface area contributed by atoms with Crippen molar-refractivity contribution in [1.82, 2.24) is 0 Å². The Morgan fingerprint density at radius 1 is 1.12 bits per heavy atom. The molecule has 0 amide bonds. The zero-order valence-electron chi connectivity index (χ0n) is 5.08. The minimum absolute atomic E-state index is 1.10. The summed E-state index contributed by atoms with van der Waals surface area (Å²) in [6.07, 6.45) is 2.43. The summed E-state index contributed by atoms with van der Waals surface area (Å²) in [6, 6.07) is 0. The third-order valence-electron chi connectivity index (χ3n) is 1.04. The first-order valence-electron chi connectivity index (χ1n) is 2.74. The molecule has 49 valence electrons. The molecule has 0 heterocycles. The van der Waals surface area contributed by atoms with E-state index in [1.165, 1.54) is 12.8 Å². The highest BCUT2D eigenvalue weighted by atomic mass is 79.9. The predicted octanol–water partition coefficient (Wildman–Crippen LogP) is 3.15. The van der Waals surface area contributed by atoms with Gasteiger partial charge in [-0.15, -0.1) is 0 Å². The second kappa shape index (κ2) is 6.09. The molecular weight excluding hydrogens is 232 g/mol. The van der Waals surface area contributed by atoms with E-state index in [4.69, 9.17) is 0 Å². The van der Waals surface area contributed by atoms with Gasteiger partial charge in [0.15, 0.2) is 0 Å². The van der Waals surface area contributed by atoms with Crippen LogP contribution in [0.1, 0.15) is 19.8 Å². The van der Waals surface area contributed by atoms with E-state index in [9.17, 15) is 0 Å². The van der Waals surface area contributed by atoms with E-state index in [0.717, 1.165) is 10.7 Å². The van der Waals surface area contributed by atoms with Crippen LogP contribution in [0, 0.1) is 5.92 Å². The summed E-state index contributed by atoms with van der Waals surface area (Å²) in [5, 5.41) is 2.21. The molecule has 0 unspecified atom stereocenters.